The van der Waals surface area contributed by atoms with Crippen LogP contribution in [0.3, 0.4) is 0 Å². The van der Waals surface area contributed by atoms with Crippen molar-refractivity contribution in [3.63, 3.8) is 0 Å². The quantitative estimate of drug-likeness (QED) is 0.367. The van der Waals surface area contributed by atoms with E-state index in [-0.39, 0.29) is 35.6 Å². The van der Waals surface area contributed by atoms with E-state index in [2.05, 4.69) is 40.7 Å². The molecule has 0 saturated carbocycles. The predicted octanol–water partition coefficient (Wildman–Crippen LogP) is 6.77. The van der Waals surface area contributed by atoms with Crippen LogP contribution in [0.2, 0.25) is 0 Å². The Morgan fingerprint density at radius 1 is 1.13 bits per heavy atom. The first-order valence-electron chi connectivity index (χ1n) is 12.3. The van der Waals surface area contributed by atoms with E-state index in [4.69, 9.17) is 0 Å². The fraction of sp³-hybridized carbons (Fsp3) is 0.679. The number of benzene rings is 1. The van der Waals surface area contributed by atoms with Gasteiger partial charge in [0.15, 0.2) is 5.78 Å². The third kappa shape index (κ3) is 5.54. The van der Waals surface area contributed by atoms with Crippen molar-refractivity contribution in [2.75, 3.05) is 0 Å². The molecule has 0 aliphatic heterocycles. The number of carbonyl (C=O) groups excluding carboxylic acids is 3. The average molecular weight is 427 g/mol. The Bertz CT molecular complexity index is 835. The first-order valence-corrected chi connectivity index (χ1v) is 12.3. The Hall–Kier alpha value is -1.77. The molecule has 1 aromatic carbocycles. The summed E-state index contributed by atoms with van der Waals surface area (Å²) in [6.45, 7) is 14.2. The molecule has 3 nitrogen and oxygen atoms in total. The predicted molar refractivity (Wildman–Crippen MR) is 128 cm³/mol. The first-order chi connectivity index (χ1) is 14.6. The van der Waals surface area contributed by atoms with Crippen molar-refractivity contribution >= 4 is 17.3 Å². The second kappa shape index (κ2) is 10.7. The van der Waals surface area contributed by atoms with Crippen LogP contribution in [0.5, 0.6) is 0 Å². The molecule has 172 valence electrons. The lowest BCUT2D eigenvalue weighted by Crippen LogP contribution is -2.38. The molecular weight excluding hydrogens is 384 g/mol. The summed E-state index contributed by atoms with van der Waals surface area (Å²) in [7, 11) is 0. The second-order valence-corrected chi connectivity index (χ2v) is 10.1. The number of rotatable bonds is 11. The van der Waals surface area contributed by atoms with Crippen LogP contribution in [0.4, 0.5) is 0 Å². The molecule has 0 saturated heterocycles. The number of hydrogen-bond donors (Lipinski definition) is 0. The van der Waals surface area contributed by atoms with Gasteiger partial charge in [0.1, 0.15) is 11.6 Å². The highest BCUT2D eigenvalue weighted by molar-refractivity contribution is 6.01. The minimum atomic E-state index is -0.499. The molecule has 31 heavy (non-hydrogen) atoms. The van der Waals surface area contributed by atoms with Crippen LogP contribution in [-0.4, -0.2) is 17.3 Å². The van der Waals surface area contributed by atoms with Gasteiger partial charge in [0.25, 0.3) is 0 Å². The Balaban J connectivity index is 2.33. The normalized spacial score (nSPS) is 18.9. The molecule has 1 aliphatic carbocycles. The molecule has 2 rings (SSSR count). The van der Waals surface area contributed by atoms with Gasteiger partial charge in [0, 0.05) is 17.4 Å². The van der Waals surface area contributed by atoms with Gasteiger partial charge in [-0.1, -0.05) is 46.6 Å². The standard InChI is InChI=1S/C28H42O3/c1-8-11-22-13-18(4)24-16-21(17-25(30)27(24)20(22)6)15-23(12-9-2)28(7,10-3)26(31)14-19(5)29/h13,21,23H,8-12,14-17H2,1-7H3. The second-order valence-electron chi connectivity index (χ2n) is 10.1. The van der Waals surface area contributed by atoms with E-state index in [0.717, 1.165) is 50.5 Å². The van der Waals surface area contributed by atoms with Gasteiger partial charge in [-0.15, -0.1) is 0 Å². The lowest BCUT2D eigenvalue weighted by molar-refractivity contribution is -0.135. The van der Waals surface area contributed by atoms with E-state index in [1.807, 2.05) is 6.92 Å². The van der Waals surface area contributed by atoms with Crippen LogP contribution in [0.1, 0.15) is 112 Å². The number of aryl methyl sites for hydroxylation is 2. The highest BCUT2D eigenvalue weighted by Crippen LogP contribution is 2.43. The Morgan fingerprint density at radius 3 is 2.35 bits per heavy atom. The molecule has 0 fully saturated rings. The molecule has 3 heteroatoms. The van der Waals surface area contributed by atoms with E-state index in [1.165, 1.54) is 29.2 Å². The fourth-order valence-electron chi connectivity index (χ4n) is 5.69. The molecule has 0 aromatic heterocycles. The summed E-state index contributed by atoms with van der Waals surface area (Å²) in [5.41, 5.74) is 5.41. The van der Waals surface area contributed by atoms with Crippen LogP contribution in [-0.2, 0) is 22.4 Å². The number of Topliss-reactive ketones (excluding diaryl/α,β-unsaturated/α-hetero) is 3. The van der Waals surface area contributed by atoms with Gasteiger partial charge >= 0.3 is 0 Å². The lowest BCUT2D eigenvalue weighted by atomic mass is 9.64. The van der Waals surface area contributed by atoms with Crippen molar-refractivity contribution in [1.29, 1.82) is 0 Å². The Kier molecular flexibility index (Phi) is 8.80. The Morgan fingerprint density at radius 2 is 1.81 bits per heavy atom. The summed E-state index contributed by atoms with van der Waals surface area (Å²) < 4.78 is 0. The van der Waals surface area contributed by atoms with Crippen LogP contribution < -0.4 is 0 Å². The van der Waals surface area contributed by atoms with Crippen molar-refractivity contribution in [1.82, 2.24) is 0 Å². The van der Waals surface area contributed by atoms with E-state index >= 15 is 0 Å². The largest absolute Gasteiger partial charge is 0.300 e. The van der Waals surface area contributed by atoms with E-state index < -0.39 is 5.41 Å². The van der Waals surface area contributed by atoms with Crippen LogP contribution in [0.15, 0.2) is 6.07 Å². The summed E-state index contributed by atoms with van der Waals surface area (Å²) in [5, 5.41) is 0. The van der Waals surface area contributed by atoms with Gasteiger partial charge in [0.2, 0.25) is 0 Å². The SMILES string of the molecule is CCCc1cc(C)c2c(c1C)C(=O)CC(CC(CCC)C(C)(CC)C(=O)CC(C)=O)C2. The van der Waals surface area contributed by atoms with Gasteiger partial charge in [-0.25, -0.2) is 0 Å². The molecule has 1 aromatic rings. The third-order valence-electron chi connectivity index (χ3n) is 7.73. The van der Waals surface area contributed by atoms with Gasteiger partial charge in [0.05, 0.1) is 6.42 Å². The van der Waals surface area contributed by atoms with Gasteiger partial charge in [-0.3, -0.25) is 14.4 Å². The zero-order chi connectivity index (χ0) is 23.3. The van der Waals surface area contributed by atoms with Crippen LogP contribution in [0.25, 0.3) is 0 Å². The lowest BCUT2D eigenvalue weighted by Gasteiger charge is -2.39. The molecular formula is C28H42O3. The summed E-state index contributed by atoms with van der Waals surface area (Å²) in [5.74, 6) is 0.751. The molecule has 0 amide bonds. The van der Waals surface area contributed by atoms with Crippen molar-refractivity contribution in [2.45, 2.75) is 106 Å². The molecule has 3 atom stereocenters. The molecule has 0 bridgehead atoms. The van der Waals surface area contributed by atoms with E-state index in [0.29, 0.717) is 6.42 Å². The zero-order valence-electron chi connectivity index (χ0n) is 20.8. The highest BCUT2D eigenvalue weighted by Gasteiger charge is 2.41. The molecule has 0 N–H and O–H groups in total. The highest BCUT2D eigenvalue weighted by atomic mass is 16.1. The topological polar surface area (TPSA) is 51.2 Å². The monoisotopic (exact) mass is 426 g/mol. The van der Waals surface area contributed by atoms with Crippen molar-refractivity contribution in [3.05, 3.63) is 33.9 Å². The molecule has 0 heterocycles. The van der Waals surface area contributed by atoms with E-state index in [9.17, 15) is 14.4 Å². The summed E-state index contributed by atoms with van der Waals surface area (Å²) in [6, 6.07) is 2.28. The van der Waals surface area contributed by atoms with Crippen LogP contribution in [0, 0.1) is 31.1 Å². The average Bonchev–Trinajstić information content (AvgIpc) is 2.70. The van der Waals surface area contributed by atoms with Crippen LogP contribution >= 0.6 is 0 Å². The van der Waals surface area contributed by atoms with Gasteiger partial charge < -0.3 is 0 Å². The number of hydrogen-bond acceptors (Lipinski definition) is 3. The maximum absolute atomic E-state index is 13.3. The maximum atomic E-state index is 13.3. The van der Waals surface area contributed by atoms with Crippen molar-refractivity contribution in [3.8, 4) is 0 Å². The summed E-state index contributed by atoms with van der Waals surface area (Å²) >= 11 is 0. The Labute approximate surface area is 189 Å². The molecule has 0 spiro atoms. The van der Waals surface area contributed by atoms with Gasteiger partial charge in [-0.05, 0) is 87.0 Å². The molecule has 1 aliphatic rings. The number of carbonyl (C=O) groups is 3. The fourth-order valence-corrected chi connectivity index (χ4v) is 5.69. The first kappa shape index (κ1) is 25.5. The molecule has 0 radical (unpaired) electrons. The maximum Gasteiger partial charge on any atom is 0.163 e. The summed E-state index contributed by atoms with van der Waals surface area (Å²) in [6.07, 6.45) is 7.19. The minimum absolute atomic E-state index is 0.0233. The smallest absolute Gasteiger partial charge is 0.163 e. The number of ketones is 3. The van der Waals surface area contributed by atoms with Crippen molar-refractivity contribution < 1.29 is 14.4 Å². The molecule has 3 unspecified atom stereocenters. The summed E-state index contributed by atoms with van der Waals surface area (Å²) in [4.78, 5) is 37.9. The van der Waals surface area contributed by atoms with Gasteiger partial charge in [-0.2, -0.15) is 0 Å². The third-order valence-corrected chi connectivity index (χ3v) is 7.73. The number of fused-ring (bicyclic) bond motifs is 1. The zero-order valence-corrected chi connectivity index (χ0v) is 20.8. The van der Waals surface area contributed by atoms with Crippen molar-refractivity contribution in [2.24, 2.45) is 17.3 Å². The van der Waals surface area contributed by atoms with E-state index in [1.54, 1.807) is 0 Å². The minimum Gasteiger partial charge on any atom is -0.300 e.